The molecule has 0 saturated heterocycles. The van der Waals surface area contributed by atoms with Crippen molar-refractivity contribution in [2.75, 3.05) is 18.6 Å². The van der Waals surface area contributed by atoms with Gasteiger partial charge in [-0.3, -0.25) is 9.36 Å². The lowest BCUT2D eigenvalue weighted by atomic mass is 10.1. The van der Waals surface area contributed by atoms with Crippen LogP contribution in [-0.4, -0.2) is 43.1 Å². The van der Waals surface area contributed by atoms with Gasteiger partial charge in [-0.2, -0.15) is 8.78 Å². The van der Waals surface area contributed by atoms with Gasteiger partial charge in [0.25, 0.3) is 0 Å². The molecule has 7 nitrogen and oxygen atoms in total. The molecule has 1 aromatic heterocycles. The largest absolute Gasteiger partial charge is 0.492 e. The van der Waals surface area contributed by atoms with Crippen LogP contribution in [0.5, 0.6) is 5.75 Å². The van der Waals surface area contributed by atoms with Gasteiger partial charge >= 0.3 is 13.3 Å². The molecule has 0 bridgehead atoms. The zero-order chi connectivity index (χ0) is 20.6. The first-order valence-electron chi connectivity index (χ1n) is 7.54. The molecule has 0 spiro atoms. The van der Waals surface area contributed by atoms with Gasteiger partial charge in [-0.05, 0) is 31.0 Å². The first-order valence-corrected chi connectivity index (χ1v) is 12.0. The summed E-state index contributed by atoms with van der Waals surface area (Å²) in [5, 5.41) is 0.214. The zero-order valence-corrected chi connectivity index (χ0v) is 16.8. The predicted molar refractivity (Wildman–Crippen MR) is 97.7 cm³/mol. The van der Waals surface area contributed by atoms with E-state index in [2.05, 4.69) is 0 Å². The van der Waals surface area contributed by atoms with E-state index in [4.69, 9.17) is 14.5 Å². The minimum Gasteiger partial charge on any atom is -0.492 e. The number of benzene rings is 1. The molecule has 12 heteroatoms. The van der Waals surface area contributed by atoms with Crippen molar-refractivity contribution < 1.29 is 41.1 Å². The number of thiophene rings is 1. The van der Waals surface area contributed by atoms with E-state index in [1.54, 1.807) is 0 Å². The number of carbonyl (C=O) groups is 1. The van der Waals surface area contributed by atoms with Gasteiger partial charge in [-0.25, -0.2) is 8.42 Å². The zero-order valence-electron chi connectivity index (χ0n) is 14.3. The molecular formula is C15H17F2O7PS2. The van der Waals surface area contributed by atoms with Crippen LogP contribution in [0.15, 0.2) is 12.1 Å². The first kappa shape index (κ1) is 21.9. The summed E-state index contributed by atoms with van der Waals surface area (Å²) < 4.78 is 67.5. The van der Waals surface area contributed by atoms with E-state index < -0.39 is 28.0 Å². The topological polar surface area (TPSA) is 118 Å². The molecule has 0 aliphatic rings. The van der Waals surface area contributed by atoms with Crippen molar-refractivity contribution in [2.24, 2.45) is 0 Å². The van der Waals surface area contributed by atoms with Crippen molar-refractivity contribution in [3.8, 4) is 5.75 Å². The van der Waals surface area contributed by atoms with Gasteiger partial charge in [0.05, 0.1) is 21.9 Å². The van der Waals surface area contributed by atoms with Crippen LogP contribution >= 0.6 is 18.9 Å². The normalized spacial score (nSPS) is 13.1. The van der Waals surface area contributed by atoms with Crippen LogP contribution in [0.4, 0.5) is 8.78 Å². The Hall–Kier alpha value is -1.39. The van der Waals surface area contributed by atoms with Gasteiger partial charge in [-0.15, -0.1) is 11.3 Å². The first-order chi connectivity index (χ1) is 12.3. The van der Waals surface area contributed by atoms with Gasteiger partial charge in [-0.1, -0.05) is 0 Å². The van der Waals surface area contributed by atoms with Crippen molar-refractivity contribution in [1.29, 1.82) is 0 Å². The Balaban J connectivity index is 2.50. The molecule has 0 amide bonds. The summed E-state index contributed by atoms with van der Waals surface area (Å²) in [6.07, 6.45) is 1.71. The number of aldehydes is 1. The molecule has 0 saturated carbocycles. The highest BCUT2D eigenvalue weighted by atomic mass is 32.2. The number of carbonyl (C=O) groups excluding carboxylic acids is 1. The number of fused-ring (bicyclic) bond motifs is 1. The van der Waals surface area contributed by atoms with Crippen molar-refractivity contribution in [1.82, 2.24) is 0 Å². The van der Waals surface area contributed by atoms with Gasteiger partial charge in [0, 0.05) is 17.2 Å². The number of halogens is 2. The number of hydrogen-bond donors (Lipinski definition) is 2. The maximum Gasteiger partial charge on any atom is 0.400 e. The Bertz CT molecular complexity index is 1020. The standard InChI is InChI=1S/C15H17F2O7PS2/c1-9-11-6-10(8-18)7-12(24-4-3-5-27(2,22)23)13(11)26-14(9)15(16,17)25(19,20)21/h6-8H,3-5H2,1-2H3,(H2,19,20,21). The second-order valence-electron chi connectivity index (χ2n) is 5.99. The van der Waals surface area contributed by atoms with E-state index in [1.165, 1.54) is 19.1 Å². The molecular weight excluding hydrogens is 425 g/mol. The molecule has 0 atom stereocenters. The molecule has 2 aromatic rings. The summed E-state index contributed by atoms with van der Waals surface area (Å²) in [5.74, 6) is -0.0573. The van der Waals surface area contributed by atoms with Crippen LogP contribution in [0.1, 0.15) is 27.2 Å². The summed E-state index contributed by atoms with van der Waals surface area (Å²) in [7, 11) is -8.94. The lowest BCUT2D eigenvalue weighted by Gasteiger charge is -2.16. The summed E-state index contributed by atoms with van der Waals surface area (Å²) in [5.41, 5.74) is -4.31. The second kappa shape index (κ2) is 7.56. The van der Waals surface area contributed by atoms with E-state index in [9.17, 15) is 26.6 Å². The van der Waals surface area contributed by atoms with Gasteiger partial charge in [0.1, 0.15) is 21.9 Å². The molecule has 1 aromatic carbocycles. The molecule has 1 heterocycles. The van der Waals surface area contributed by atoms with Crippen molar-refractivity contribution in [3.05, 3.63) is 28.1 Å². The lowest BCUT2D eigenvalue weighted by molar-refractivity contribution is 0.0596. The third-order valence-corrected chi connectivity index (χ3v) is 7.25. The molecule has 0 radical (unpaired) electrons. The Morgan fingerprint density at radius 3 is 2.48 bits per heavy atom. The van der Waals surface area contributed by atoms with E-state index in [0.717, 1.165) is 6.26 Å². The van der Waals surface area contributed by atoms with E-state index in [0.29, 0.717) is 17.6 Å². The number of aryl methyl sites for hydroxylation is 1. The Morgan fingerprint density at radius 2 is 1.96 bits per heavy atom. The number of rotatable bonds is 8. The quantitative estimate of drug-likeness (QED) is 0.366. The van der Waals surface area contributed by atoms with Crippen LogP contribution in [0, 0.1) is 6.92 Å². The number of sulfone groups is 1. The molecule has 27 heavy (non-hydrogen) atoms. The highest BCUT2D eigenvalue weighted by Crippen LogP contribution is 2.62. The fourth-order valence-electron chi connectivity index (χ4n) is 2.41. The minimum absolute atomic E-state index is 0.0361. The molecule has 150 valence electrons. The SMILES string of the molecule is Cc1c(C(F)(F)P(=O)(O)O)sc2c(OCCCS(C)(=O)=O)cc(C=O)cc12. The maximum absolute atomic E-state index is 14.2. The van der Waals surface area contributed by atoms with Crippen molar-refractivity contribution in [2.45, 2.75) is 19.0 Å². The third-order valence-electron chi connectivity index (χ3n) is 3.72. The van der Waals surface area contributed by atoms with Gasteiger partial charge in [0.15, 0.2) is 0 Å². The smallest absolute Gasteiger partial charge is 0.400 e. The maximum atomic E-state index is 14.2. The summed E-state index contributed by atoms with van der Waals surface area (Å²) in [6, 6.07) is 2.64. The Kier molecular flexibility index (Phi) is 6.13. The molecule has 0 aliphatic carbocycles. The van der Waals surface area contributed by atoms with Crippen molar-refractivity contribution >= 4 is 45.1 Å². The summed E-state index contributed by atoms with van der Waals surface area (Å²) >= 11 is 0.466. The average molecular weight is 442 g/mol. The van der Waals surface area contributed by atoms with Crippen LogP contribution in [-0.2, 0) is 20.1 Å². The highest BCUT2D eigenvalue weighted by molar-refractivity contribution is 7.90. The molecule has 2 rings (SSSR count). The van der Waals surface area contributed by atoms with E-state index in [-0.39, 0.29) is 45.7 Å². The molecule has 0 fully saturated rings. The summed E-state index contributed by atoms with van der Waals surface area (Å²) in [6.45, 7) is 1.24. The second-order valence-corrected chi connectivity index (χ2v) is 10.9. The van der Waals surface area contributed by atoms with E-state index in [1.807, 2.05) is 0 Å². The fraction of sp³-hybridized carbons (Fsp3) is 0.400. The Morgan fingerprint density at radius 1 is 1.33 bits per heavy atom. The molecule has 0 aliphatic heterocycles. The Labute approximate surface area is 158 Å². The van der Waals surface area contributed by atoms with Crippen LogP contribution < -0.4 is 4.74 Å². The van der Waals surface area contributed by atoms with Crippen LogP contribution in [0.2, 0.25) is 0 Å². The monoisotopic (exact) mass is 442 g/mol. The van der Waals surface area contributed by atoms with Crippen LogP contribution in [0.3, 0.4) is 0 Å². The highest BCUT2D eigenvalue weighted by Gasteiger charge is 2.52. The molecule has 0 unspecified atom stereocenters. The fourth-order valence-corrected chi connectivity index (χ4v) is 5.10. The number of alkyl halides is 2. The van der Waals surface area contributed by atoms with Gasteiger partial charge in [0.2, 0.25) is 0 Å². The molecule has 2 N–H and O–H groups in total. The van der Waals surface area contributed by atoms with E-state index >= 15 is 0 Å². The van der Waals surface area contributed by atoms with Crippen LogP contribution in [0.25, 0.3) is 10.1 Å². The summed E-state index contributed by atoms with van der Waals surface area (Å²) in [4.78, 5) is 28.3. The lowest BCUT2D eigenvalue weighted by Crippen LogP contribution is -2.12. The van der Waals surface area contributed by atoms with Crippen molar-refractivity contribution in [3.63, 3.8) is 0 Å². The third kappa shape index (κ3) is 4.72. The van der Waals surface area contributed by atoms with Gasteiger partial charge < -0.3 is 14.5 Å². The number of ether oxygens (including phenoxy) is 1. The number of hydrogen-bond acceptors (Lipinski definition) is 6. The average Bonchev–Trinajstić information content (AvgIpc) is 2.87. The predicted octanol–water partition coefficient (Wildman–Crippen LogP) is 3.06. The minimum atomic E-state index is -5.75.